The number of aromatic hydroxyl groups is 2. The van der Waals surface area contributed by atoms with Gasteiger partial charge in [-0.25, -0.2) is 9.59 Å². The van der Waals surface area contributed by atoms with Crippen LogP contribution in [0, 0.1) is 5.92 Å². The van der Waals surface area contributed by atoms with Crippen LogP contribution in [-0.4, -0.2) is 72.0 Å². The molecule has 0 unspecified atom stereocenters. The Balaban J connectivity index is 2.11. The number of anilines is 2. The first kappa shape index (κ1) is 38.3. The van der Waals surface area contributed by atoms with E-state index < -0.39 is 59.9 Å². The van der Waals surface area contributed by atoms with Crippen LogP contribution < -0.4 is 21.7 Å². The van der Waals surface area contributed by atoms with Crippen LogP contribution in [0.25, 0.3) is 6.08 Å². The van der Waals surface area contributed by atoms with E-state index in [1.165, 1.54) is 39.4 Å². The number of phenols is 2. The van der Waals surface area contributed by atoms with E-state index in [1.807, 2.05) is 30.3 Å². The monoisotopic (exact) mass is 678 g/mol. The van der Waals surface area contributed by atoms with Crippen LogP contribution in [0.15, 0.2) is 77.4 Å². The molecule has 0 fully saturated rings. The van der Waals surface area contributed by atoms with Gasteiger partial charge in [-0.15, -0.1) is 0 Å². The molecule has 2 aromatic carbocycles. The van der Waals surface area contributed by atoms with Crippen molar-refractivity contribution in [2.24, 2.45) is 11.7 Å². The number of hydrogen-bond acceptors (Lipinski definition) is 9. The van der Waals surface area contributed by atoms with Crippen molar-refractivity contribution in [2.75, 3.05) is 24.9 Å². The lowest BCUT2D eigenvalue weighted by Gasteiger charge is -2.28. The first-order valence-corrected chi connectivity index (χ1v) is 15.6. The SMILES string of the molecule is CO[C@H]1C=CC=C(C)C(=O)Nc2cc(O)c(NC(=O)NCc3ccccc3)c(c2O)C=C(C)C[C@H](OC)[C@H](O)[C@@H](C)C=C(C)[C@@H]1OC(N)=O. The lowest BCUT2D eigenvalue weighted by molar-refractivity contribution is -0.112. The second-order valence-electron chi connectivity index (χ2n) is 11.8. The summed E-state index contributed by atoms with van der Waals surface area (Å²) in [6.45, 7) is 6.96. The summed E-state index contributed by atoms with van der Waals surface area (Å²) >= 11 is 0. The Labute approximate surface area is 286 Å². The van der Waals surface area contributed by atoms with Gasteiger partial charge in [-0.3, -0.25) is 4.79 Å². The predicted octanol–water partition coefficient (Wildman–Crippen LogP) is 5.10. The number of allylic oxidation sites excluding steroid dienone is 2. The lowest BCUT2D eigenvalue weighted by atomic mass is 9.91. The molecule has 49 heavy (non-hydrogen) atoms. The molecule has 4 amide bonds. The van der Waals surface area contributed by atoms with E-state index in [4.69, 9.17) is 19.9 Å². The van der Waals surface area contributed by atoms with Gasteiger partial charge in [-0.2, -0.15) is 0 Å². The number of carbonyl (C=O) groups excluding carboxylic acids is 3. The van der Waals surface area contributed by atoms with Crippen molar-refractivity contribution in [3.05, 3.63) is 88.5 Å². The highest BCUT2D eigenvalue weighted by Crippen LogP contribution is 2.42. The summed E-state index contributed by atoms with van der Waals surface area (Å²) < 4.78 is 16.6. The highest BCUT2D eigenvalue weighted by molar-refractivity contribution is 6.06. The number of phenolic OH excluding ortho intramolecular Hbond substituents is 2. The van der Waals surface area contributed by atoms with Gasteiger partial charge in [-0.1, -0.05) is 67.1 Å². The molecule has 264 valence electrons. The molecular formula is C36H46N4O9. The number of fused-ring (bicyclic) bond motifs is 2. The van der Waals surface area contributed by atoms with E-state index >= 15 is 0 Å². The number of carbonyl (C=O) groups is 3. The molecule has 0 aliphatic carbocycles. The fraction of sp³-hybridized carbons (Fsp3) is 0.361. The number of amides is 4. The number of methoxy groups -OCH3 is 2. The molecule has 2 aromatic rings. The number of aliphatic hydroxyl groups is 1. The molecule has 0 aromatic heterocycles. The van der Waals surface area contributed by atoms with Crippen molar-refractivity contribution >= 4 is 35.5 Å². The molecule has 8 N–H and O–H groups in total. The molecule has 13 heteroatoms. The molecule has 13 nitrogen and oxygen atoms in total. The van der Waals surface area contributed by atoms with Gasteiger partial charge in [0.15, 0.2) is 6.10 Å². The third-order valence-electron chi connectivity index (χ3n) is 8.03. The van der Waals surface area contributed by atoms with Crippen molar-refractivity contribution in [3.8, 4) is 11.5 Å². The predicted molar refractivity (Wildman–Crippen MR) is 187 cm³/mol. The summed E-state index contributed by atoms with van der Waals surface area (Å²) in [6.07, 6.45) is 3.46. The standard InChI is InChI=1S/C36H46N4O9/c1-20-15-25-30(40-36(46)38-19-24-12-8-7-9-13-24)27(41)18-26(32(25)43)39-34(44)21(2)11-10-14-28(47-5)33(49-35(37)45)23(4)17-22(3)31(42)29(16-20)48-6/h7-15,17-18,22,28-29,31,33,41-43H,16,19H2,1-6H3,(H2,37,45)(H,39,44)(H2,38,40,46)/t22-,28-,29-,31+,33-/m0/s1. The maximum atomic E-state index is 13.2. The largest absolute Gasteiger partial charge is 0.506 e. The van der Waals surface area contributed by atoms with Gasteiger partial charge in [0.1, 0.15) is 17.6 Å². The highest BCUT2D eigenvalue weighted by Gasteiger charge is 2.29. The number of nitrogens with two attached hydrogens (primary N) is 1. The van der Waals surface area contributed by atoms with E-state index in [0.29, 0.717) is 11.1 Å². The Morgan fingerprint density at radius 2 is 1.78 bits per heavy atom. The molecule has 0 radical (unpaired) electrons. The Morgan fingerprint density at radius 3 is 2.41 bits per heavy atom. The quantitative estimate of drug-likeness (QED) is 0.123. The second kappa shape index (κ2) is 17.9. The van der Waals surface area contributed by atoms with Gasteiger partial charge in [-0.05, 0) is 44.4 Å². The Bertz CT molecular complexity index is 1620. The van der Waals surface area contributed by atoms with Gasteiger partial charge in [0, 0.05) is 43.9 Å². The zero-order valence-corrected chi connectivity index (χ0v) is 28.5. The molecule has 0 saturated heterocycles. The number of urea groups is 1. The molecule has 5 atom stereocenters. The Morgan fingerprint density at radius 1 is 1.08 bits per heavy atom. The van der Waals surface area contributed by atoms with Crippen LogP contribution >= 0.6 is 0 Å². The first-order valence-electron chi connectivity index (χ1n) is 15.6. The number of primary amides is 1. The van der Waals surface area contributed by atoms with E-state index in [2.05, 4.69) is 16.0 Å². The minimum atomic E-state index is -1.05. The normalized spacial score (nSPS) is 22.2. The minimum Gasteiger partial charge on any atom is -0.506 e. The lowest BCUT2D eigenvalue weighted by Crippen LogP contribution is -2.36. The molecular weight excluding hydrogens is 632 g/mol. The third kappa shape index (κ3) is 10.7. The van der Waals surface area contributed by atoms with Crippen LogP contribution in [0.2, 0.25) is 0 Å². The summed E-state index contributed by atoms with van der Waals surface area (Å²) in [5.74, 6) is -1.94. The van der Waals surface area contributed by atoms with Crippen molar-refractivity contribution in [1.29, 1.82) is 0 Å². The number of rotatable bonds is 6. The fourth-order valence-corrected chi connectivity index (χ4v) is 5.35. The third-order valence-corrected chi connectivity index (χ3v) is 8.03. The summed E-state index contributed by atoms with van der Waals surface area (Å²) in [6, 6.07) is 9.71. The topological polar surface area (TPSA) is 202 Å². The molecule has 2 bridgehead atoms. The van der Waals surface area contributed by atoms with Crippen LogP contribution in [-0.2, 0) is 25.5 Å². The summed E-state index contributed by atoms with van der Waals surface area (Å²) in [5, 5.41) is 41.7. The molecule has 0 spiro atoms. The maximum Gasteiger partial charge on any atom is 0.405 e. The summed E-state index contributed by atoms with van der Waals surface area (Å²) in [5.41, 5.74) is 7.38. The number of aliphatic hydroxyl groups excluding tert-OH is 1. The van der Waals surface area contributed by atoms with Crippen LogP contribution in [0.1, 0.15) is 45.2 Å². The van der Waals surface area contributed by atoms with Gasteiger partial charge in [0.05, 0.1) is 23.6 Å². The van der Waals surface area contributed by atoms with Gasteiger partial charge < -0.3 is 51.2 Å². The van der Waals surface area contributed by atoms with E-state index in [1.54, 1.807) is 32.9 Å². The second-order valence-corrected chi connectivity index (χ2v) is 11.8. The van der Waals surface area contributed by atoms with E-state index in [9.17, 15) is 29.7 Å². The highest BCUT2D eigenvalue weighted by atomic mass is 16.6. The van der Waals surface area contributed by atoms with Crippen LogP contribution in [0.4, 0.5) is 21.0 Å². The number of hydrogen-bond donors (Lipinski definition) is 7. The zero-order valence-electron chi connectivity index (χ0n) is 28.5. The molecule has 1 heterocycles. The smallest absolute Gasteiger partial charge is 0.405 e. The van der Waals surface area contributed by atoms with Crippen LogP contribution in [0.3, 0.4) is 0 Å². The first-order chi connectivity index (χ1) is 23.2. The molecule has 1 aliphatic rings. The van der Waals surface area contributed by atoms with Gasteiger partial charge >= 0.3 is 12.1 Å². The van der Waals surface area contributed by atoms with E-state index in [-0.39, 0.29) is 35.5 Å². The van der Waals surface area contributed by atoms with Gasteiger partial charge in [0.2, 0.25) is 0 Å². The number of nitrogens with one attached hydrogen (secondary N) is 3. The summed E-state index contributed by atoms with van der Waals surface area (Å²) in [7, 11) is 2.87. The van der Waals surface area contributed by atoms with Crippen molar-refractivity contribution < 1.29 is 43.9 Å². The molecule has 1 aliphatic heterocycles. The molecule has 0 saturated carbocycles. The van der Waals surface area contributed by atoms with Crippen molar-refractivity contribution in [1.82, 2.24) is 5.32 Å². The maximum absolute atomic E-state index is 13.2. The number of benzene rings is 2. The molecule has 3 rings (SSSR count). The summed E-state index contributed by atoms with van der Waals surface area (Å²) in [4.78, 5) is 37.9. The van der Waals surface area contributed by atoms with Crippen LogP contribution in [0.5, 0.6) is 11.5 Å². The zero-order chi connectivity index (χ0) is 36.2. The average molecular weight is 679 g/mol. The number of ether oxygens (including phenoxy) is 3. The van der Waals surface area contributed by atoms with E-state index in [0.717, 1.165) is 11.6 Å². The average Bonchev–Trinajstić information content (AvgIpc) is 3.06. The Kier molecular flexibility index (Phi) is 14.0. The minimum absolute atomic E-state index is 0.0182. The van der Waals surface area contributed by atoms with Gasteiger partial charge in [0.25, 0.3) is 5.91 Å². The van der Waals surface area contributed by atoms with Crippen molar-refractivity contribution in [3.63, 3.8) is 0 Å². The Hall–Kier alpha value is -5.11. The van der Waals surface area contributed by atoms with Crippen molar-refractivity contribution in [2.45, 2.75) is 65.1 Å². The fourth-order valence-electron chi connectivity index (χ4n) is 5.35.